The van der Waals surface area contributed by atoms with Gasteiger partial charge in [-0.3, -0.25) is 4.79 Å². The van der Waals surface area contributed by atoms with Gasteiger partial charge < -0.3 is 5.32 Å². The zero-order valence-electron chi connectivity index (χ0n) is 13.5. The van der Waals surface area contributed by atoms with E-state index in [4.69, 9.17) is 34.8 Å². The van der Waals surface area contributed by atoms with Crippen molar-refractivity contribution in [2.75, 3.05) is 18.4 Å². The molecule has 2 aromatic carbocycles. The van der Waals surface area contributed by atoms with Crippen LogP contribution in [0, 0.1) is 0 Å². The van der Waals surface area contributed by atoms with E-state index in [1.165, 1.54) is 28.6 Å². The summed E-state index contributed by atoms with van der Waals surface area (Å²) in [5.41, 5.74) is 0.492. The first-order chi connectivity index (χ1) is 12.3. The van der Waals surface area contributed by atoms with E-state index in [0.717, 1.165) is 12.8 Å². The number of carbonyl (C=O) groups excluding carboxylic acids is 1. The molecule has 2 aromatic rings. The van der Waals surface area contributed by atoms with E-state index in [0.29, 0.717) is 28.8 Å². The molecule has 3 rings (SSSR count). The van der Waals surface area contributed by atoms with Crippen LogP contribution >= 0.6 is 34.8 Å². The second-order valence-corrected chi connectivity index (χ2v) is 8.99. The normalized spacial score (nSPS) is 15.2. The number of hydrogen-bond acceptors (Lipinski definition) is 3. The Hall–Kier alpha value is -1.31. The number of rotatable bonds is 4. The number of nitrogens with one attached hydrogen (secondary N) is 1. The van der Waals surface area contributed by atoms with Gasteiger partial charge in [0.15, 0.2) is 0 Å². The predicted molar refractivity (Wildman–Crippen MR) is 104 cm³/mol. The third-order valence-corrected chi connectivity index (χ3v) is 7.00. The molecule has 1 fully saturated rings. The quantitative estimate of drug-likeness (QED) is 0.761. The molecule has 0 atom stereocenters. The monoisotopic (exact) mass is 432 g/mol. The summed E-state index contributed by atoms with van der Waals surface area (Å²) in [5.74, 6) is -0.510. The minimum absolute atomic E-state index is 0.0779. The topological polar surface area (TPSA) is 66.5 Å². The van der Waals surface area contributed by atoms with Crippen LogP contribution in [0.1, 0.15) is 23.2 Å². The second kappa shape index (κ2) is 7.74. The number of carbonyl (C=O) groups is 1. The Morgan fingerprint density at radius 3 is 2.31 bits per heavy atom. The summed E-state index contributed by atoms with van der Waals surface area (Å²) in [6.45, 7) is 0.903. The summed E-state index contributed by atoms with van der Waals surface area (Å²) >= 11 is 18.1. The van der Waals surface area contributed by atoms with Gasteiger partial charge in [0.25, 0.3) is 5.91 Å². The number of sulfonamides is 1. The van der Waals surface area contributed by atoms with Crippen molar-refractivity contribution in [3.63, 3.8) is 0 Å². The van der Waals surface area contributed by atoms with Crippen LogP contribution < -0.4 is 5.32 Å². The van der Waals surface area contributed by atoms with Gasteiger partial charge >= 0.3 is 0 Å². The minimum atomic E-state index is -3.74. The molecule has 0 aliphatic carbocycles. The summed E-state index contributed by atoms with van der Waals surface area (Å²) < 4.78 is 26.9. The molecule has 0 saturated carbocycles. The minimum Gasteiger partial charge on any atom is -0.321 e. The molecule has 1 aliphatic rings. The fraction of sp³-hybridized carbons (Fsp3) is 0.235. The molecular weight excluding hydrogens is 419 g/mol. The van der Waals surface area contributed by atoms with E-state index in [1.807, 2.05) is 0 Å². The van der Waals surface area contributed by atoms with Crippen LogP contribution in [0.25, 0.3) is 0 Å². The highest BCUT2D eigenvalue weighted by Gasteiger charge is 2.29. The molecule has 1 amide bonds. The molecule has 1 aliphatic heterocycles. The Kier molecular flexibility index (Phi) is 5.79. The molecule has 138 valence electrons. The Morgan fingerprint density at radius 2 is 1.62 bits per heavy atom. The molecule has 9 heteroatoms. The highest BCUT2D eigenvalue weighted by Crippen LogP contribution is 2.29. The maximum Gasteiger partial charge on any atom is 0.255 e. The molecule has 1 N–H and O–H groups in total. The summed E-state index contributed by atoms with van der Waals surface area (Å²) in [6, 6.07) is 8.81. The molecule has 0 spiro atoms. The lowest BCUT2D eigenvalue weighted by Gasteiger charge is -2.17. The average Bonchev–Trinajstić information content (AvgIpc) is 3.13. The third-order valence-electron chi connectivity index (χ3n) is 4.05. The fourth-order valence-electron chi connectivity index (χ4n) is 2.70. The van der Waals surface area contributed by atoms with Crippen molar-refractivity contribution in [3.05, 3.63) is 57.0 Å². The van der Waals surface area contributed by atoms with Crippen LogP contribution in [-0.4, -0.2) is 31.7 Å². The van der Waals surface area contributed by atoms with E-state index in [-0.39, 0.29) is 15.5 Å². The van der Waals surface area contributed by atoms with Gasteiger partial charge in [-0.1, -0.05) is 34.8 Å². The summed E-state index contributed by atoms with van der Waals surface area (Å²) in [4.78, 5) is 12.4. The highest BCUT2D eigenvalue weighted by molar-refractivity contribution is 7.89. The molecule has 0 unspecified atom stereocenters. The summed E-state index contributed by atoms with van der Waals surface area (Å²) in [7, 11) is -3.74. The van der Waals surface area contributed by atoms with E-state index in [9.17, 15) is 13.2 Å². The van der Waals surface area contributed by atoms with Gasteiger partial charge in [-0.2, -0.15) is 4.31 Å². The van der Waals surface area contributed by atoms with E-state index in [2.05, 4.69) is 5.32 Å². The number of benzene rings is 2. The number of hydrogen-bond donors (Lipinski definition) is 1. The van der Waals surface area contributed by atoms with Crippen molar-refractivity contribution >= 4 is 56.4 Å². The standard InChI is InChI=1S/C17H15Cl3N2O3S/c18-12-4-6-13(19)15(10-12)21-17(23)11-3-5-14(20)16(9-11)26(24,25)22-7-1-2-8-22/h3-6,9-10H,1-2,7-8H2,(H,21,23). The van der Waals surface area contributed by atoms with Crippen LogP contribution in [0.5, 0.6) is 0 Å². The predicted octanol–water partition coefficient (Wildman–Crippen LogP) is 4.68. The van der Waals surface area contributed by atoms with Gasteiger partial charge in [0.1, 0.15) is 4.90 Å². The van der Waals surface area contributed by atoms with Crippen molar-refractivity contribution in [2.45, 2.75) is 17.7 Å². The SMILES string of the molecule is O=C(Nc1cc(Cl)ccc1Cl)c1ccc(Cl)c(S(=O)(=O)N2CCCC2)c1. The first-order valence-corrected chi connectivity index (χ1v) is 10.4. The lowest BCUT2D eigenvalue weighted by molar-refractivity contribution is 0.102. The van der Waals surface area contributed by atoms with Gasteiger partial charge in [-0.05, 0) is 49.2 Å². The van der Waals surface area contributed by atoms with E-state index >= 15 is 0 Å². The van der Waals surface area contributed by atoms with Crippen molar-refractivity contribution in [3.8, 4) is 0 Å². The molecule has 0 bridgehead atoms. The lowest BCUT2D eigenvalue weighted by atomic mass is 10.2. The zero-order valence-corrected chi connectivity index (χ0v) is 16.6. The zero-order chi connectivity index (χ0) is 18.9. The largest absolute Gasteiger partial charge is 0.321 e. The highest BCUT2D eigenvalue weighted by atomic mass is 35.5. The second-order valence-electron chi connectivity index (χ2n) is 5.83. The molecule has 1 saturated heterocycles. The molecule has 0 radical (unpaired) electrons. The molecule has 26 heavy (non-hydrogen) atoms. The average molecular weight is 434 g/mol. The fourth-order valence-corrected chi connectivity index (χ4v) is 5.05. The Bertz CT molecular complexity index is 958. The summed E-state index contributed by atoms with van der Waals surface area (Å²) in [6.07, 6.45) is 1.62. The smallest absolute Gasteiger partial charge is 0.255 e. The van der Waals surface area contributed by atoms with Gasteiger partial charge in [0.05, 0.1) is 15.7 Å². The van der Waals surface area contributed by atoms with Crippen LogP contribution in [0.15, 0.2) is 41.3 Å². The van der Waals surface area contributed by atoms with E-state index < -0.39 is 15.9 Å². The third kappa shape index (κ3) is 4.00. The lowest BCUT2D eigenvalue weighted by Crippen LogP contribution is -2.28. The van der Waals surface area contributed by atoms with Gasteiger partial charge in [0, 0.05) is 23.7 Å². The number of nitrogens with zero attached hydrogens (tertiary/aromatic N) is 1. The van der Waals surface area contributed by atoms with Gasteiger partial charge in [-0.25, -0.2) is 8.42 Å². The van der Waals surface area contributed by atoms with Crippen molar-refractivity contribution < 1.29 is 13.2 Å². The molecule has 0 aromatic heterocycles. The van der Waals surface area contributed by atoms with Crippen molar-refractivity contribution in [1.82, 2.24) is 4.31 Å². The maximum absolute atomic E-state index is 12.8. The maximum atomic E-state index is 12.8. The Labute approximate surface area is 166 Å². The van der Waals surface area contributed by atoms with Crippen LogP contribution in [0.2, 0.25) is 15.1 Å². The number of anilines is 1. The first-order valence-electron chi connectivity index (χ1n) is 7.85. The molecule has 5 nitrogen and oxygen atoms in total. The molecular formula is C17H15Cl3N2O3S. The van der Waals surface area contributed by atoms with Gasteiger partial charge in [-0.15, -0.1) is 0 Å². The Morgan fingerprint density at radius 1 is 0.962 bits per heavy atom. The Balaban J connectivity index is 1.92. The number of amides is 1. The van der Waals surface area contributed by atoms with Crippen LogP contribution in [0.4, 0.5) is 5.69 Å². The van der Waals surface area contributed by atoms with Crippen molar-refractivity contribution in [2.24, 2.45) is 0 Å². The van der Waals surface area contributed by atoms with Crippen LogP contribution in [-0.2, 0) is 10.0 Å². The number of halogens is 3. The van der Waals surface area contributed by atoms with Gasteiger partial charge in [0.2, 0.25) is 10.0 Å². The van der Waals surface area contributed by atoms with E-state index in [1.54, 1.807) is 12.1 Å². The molecule has 1 heterocycles. The van der Waals surface area contributed by atoms with Crippen molar-refractivity contribution in [1.29, 1.82) is 0 Å². The summed E-state index contributed by atoms with van der Waals surface area (Å²) in [5, 5.41) is 3.44. The van der Waals surface area contributed by atoms with Crippen LogP contribution in [0.3, 0.4) is 0 Å². The first kappa shape index (κ1) is 19.5.